The van der Waals surface area contributed by atoms with Crippen LogP contribution < -0.4 is 4.74 Å². The van der Waals surface area contributed by atoms with E-state index in [1.807, 2.05) is 26.8 Å². The Morgan fingerprint density at radius 2 is 2.06 bits per heavy atom. The number of methoxy groups -OCH3 is 1. The molecule has 1 rings (SSSR count). The lowest BCUT2D eigenvalue weighted by atomic mass is 10.0. The summed E-state index contributed by atoms with van der Waals surface area (Å²) in [6.45, 7) is 5.81. The van der Waals surface area contributed by atoms with Gasteiger partial charge >= 0.3 is 0 Å². The number of ether oxygens (including phenoxy) is 1. The normalized spacial score (nSPS) is 11.2. The molecule has 0 bridgehead atoms. The predicted molar refractivity (Wildman–Crippen MR) is 74.6 cm³/mol. The molecule has 1 aromatic carbocycles. The number of benzene rings is 1. The van der Waals surface area contributed by atoms with Crippen LogP contribution in [0.4, 0.5) is 0 Å². The van der Waals surface area contributed by atoms with E-state index in [0.717, 1.165) is 11.3 Å². The van der Waals surface area contributed by atoms with Crippen molar-refractivity contribution in [1.82, 2.24) is 4.90 Å². The molecule has 0 unspecified atom stereocenters. The van der Waals surface area contributed by atoms with E-state index in [9.17, 15) is 4.79 Å². The number of rotatable bonds is 4. The van der Waals surface area contributed by atoms with Crippen molar-refractivity contribution in [2.75, 3.05) is 20.0 Å². The van der Waals surface area contributed by atoms with Crippen LogP contribution in [0.1, 0.15) is 29.8 Å². The quantitative estimate of drug-likeness (QED) is 0.786. The zero-order chi connectivity index (χ0) is 13.9. The molecule has 0 fully saturated rings. The first-order valence-electron chi connectivity index (χ1n) is 5.82. The van der Waals surface area contributed by atoms with Crippen molar-refractivity contribution in [3.63, 3.8) is 0 Å². The van der Waals surface area contributed by atoms with Gasteiger partial charge in [0.15, 0.2) is 0 Å². The number of hydrogen-bond donors (Lipinski definition) is 0. The van der Waals surface area contributed by atoms with Crippen LogP contribution in [-0.2, 0) is 0 Å². The average molecular weight is 270 g/mol. The lowest BCUT2D eigenvalue weighted by Crippen LogP contribution is -2.46. The third-order valence-corrected chi connectivity index (χ3v) is 3.85. The van der Waals surface area contributed by atoms with Gasteiger partial charge in [-0.3, -0.25) is 4.79 Å². The van der Waals surface area contributed by atoms with E-state index in [4.69, 9.17) is 16.3 Å². The second-order valence-electron chi connectivity index (χ2n) is 4.99. The molecule has 0 saturated heterocycles. The molecule has 1 amide bonds. The van der Waals surface area contributed by atoms with Gasteiger partial charge in [-0.05, 0) is 38.5 Å². The van der Waals surface area contributed by atoms with Crippen LogP contribution in [0.15, 0.2) is 18.2 Å². The van der Waals surface area contributed by atoms with Crippen molar-refractivity contribution in [2.45, 2.75) is 26.3 Å². The number of aryl methyl sites for hydroxylation is 1. The Kier molecular flexibility index (Phi) is 4.63. The summed E-state index contributed by atoms with van der Waals surface area (Å²) in [6.07, 6.45) is 0. The second kappa shape index (κ2) is 5.61. The fourth-order valence-electron chi connectivity index (χ4n) is 1.51. The highest BCUT2D eigenvalue weighted by Crippen LogP contribution is 2.22. The van der Waals surface area contributed by atoms with Crippen LogP contribution in [0.3, 0.4) is 0 Å². The number of halogens is 1. The molecule has 100 valence electrons. The fourth-order valence-corrected chi connectivity index (χ4v) is 1.69. The Balaban J connectivity index is 3.04. The van der Waals surface area contributed by atoms with Gasteiger partial charge in [0.1, 0.15) is 5.75 Å². The Labute approximate surface area is 114 Å². The van der Waals surface area contributed by atoms with Crippen molar-refractivity contribution in [3.8, 4) is 5.75 Å². The standard InChI is InChI=1S/C14H20ClNO2/c1-10-6-7-11(8-12(10)18-5)13(17)16(4)14(2,3)9-15/h6-8H,9H2,1-5H3. The minimum Gasteiger partial charge on any atom is -0.496 e. The third kappa shape index (κ3) is 2.96. The molecule has 0 aliphatic heterocycles. The zero-order valence-electron chi connectivity index (χ0n) is 11.6. The minimum absolute atomic E-state index is 0.0565. The summed E-state index contributed by atoms with van der Waals surface area (Å²) in [6, 6.07) is 5.45. The number of nitrogens with zero attached hydrogens (tertiary/aromatic N) is 1. The predicted octanol–water partition coefficient (Wildman–Crippen LogP) is 3.09. The molecule has 0 aromatic heterocycles. The van der Waals surface area contributed by atoms with Crippen LogP contribution in [0, 0.1) is 6.92 Å². The van der Waals surface area contributed by atoms with Gasteiger partial charge in [0.05, 0.1) is 12.6 Å². The van der Waals surface area contributed by atoms with E-state index >= 15 is 0 Å². The summed E-state index contributed by atoms with van der Waals surface area (Å²) in [4.78, 5) is 14.0. The van der Waals surface area contributed by atoms with Gasteiger partial charge in [-0.15, -0.1) is 11.6 Å². The third-order valence-electron chi connectivity index (χ3n) is 3.19. The van der Waals surface area contributed by atoms with E-state index in [0.29, 0.717) is 11.4 Å². The van der Waals surface area contributed by atoms with E-state index in [1.54, 1.807) is 31.2 Å². The van der Waals surface area contributed by atoms with E-state index in [-0.39, 0.29) is 11.4 Å². The Morgan fingerprint density at radius 3 is 2.56 bits per heavy atom. The van der Waals surface area contributed by atoms with Gasteiger partial charge in [-0.1, -0.05) is 6.07 Å². The minimum atomic E-state index is -0.378. The second-order valence-corrected chi connectivity index (χ2v) is 5.26. The summed E-state index contributed by atoms with van der Waals surface area (Å²) < 4.78 is 5.23. The molecule has 0 spiro atoms. The number of hydrogen-bond acceptors (Lipinski definition) is 2. The molecule has 0 N–H and O–H groups in total. The van der Waals surface area contributed by atoms with Gasteiger partial charge in [0, 0.05) is 18.5 Å². The smallest absolute Gasteiger partial charge is 0.254 e. The Bertz CT molecular complexity index is 443. The van der Waals surface area contributed by atoms with Gasteiger partial charge < -0.3 is 9.64 Å². The summed E-state index contributed by atoms with van der Waals surface area (Å²) in [5.74, 6) is 1.05. The highest BCUT2D eigenvalue weighted by atomic mass is 35.5. The first kappa shape index (κ1) is 14.8. The molecule has 0 aliphatic rings. The summed E-state index contributed by atoms with van der Waals surface area (Å²) in [7, 11) is 3.36. The number of carbonyl (C=O) groups is 1. The van der Waals surface area contributed by atoms with Crippen molar-refractivity contribution < 1.29 is 9.53 Å². The molecular formula is C14H20ClNO2. The van der Waals surface area contributed by atoms with Crippen LogP contribution in [-0.4, -0.2) is 36.4 Å². The average Bonchev–Trinajstić information content (AvgIpc) is 2.37. The molecule has 18 heavy (non-hydrogen) atoms. The summed E-state index contributed by atoms with van der Waals surface area (Å²) in [5, 5.41) is 0. The lowest BCUT2D eigenvalue weighted by Gasteiger charge is -2.34. The maximum Gasteiger partial charge on any atom is 0.254 e. The first-order chi connectivity index (χ1) is 8.33. The van der Waals surface area contributed by atoms with Crippen LogP contribution in [0.25, 0.3) is 0 Å². The van der Waals surface area contributed by atoms with Gasteiger partial charge in [0.25, 0.3) is 5.91 Å². The van der Waals surface area contributed by atoms with Crippen molar-refractivity contribution in [2.24, 2.45) is 0 Å². The fraction of sp³-hybridized carbons (Fsp3) is 0.500. The topological polar surface area (TPSA) is 29.5 Å². The molecule has 1 aromatic rings. The van der Waals surface area contributed by atoms with E-state index in [1.165, 1.54) is 0 Å². The molecule has 3 nitrogen and oxygen atoms in total. The van der Waals surface area contributed by atoms with Gasteiger partial charge in [-0.25, -0.2) is 0 Å². The van der Waals surface area contributed by atoms with Crippen molar-refractivity contribution >= 4 is 17.5 Å². The SMILES string of the molecule is COc1cc(C(=O)N(C)C(C)(C)CCl)ccc1C. The van der Waals surface area contributed by atoms with Crippen LogP contribution >= 0.6 is 11.6 Å². The molecular weight excluding hydrogens is 250 g/mol. The van der Waals surface area contributed by atoms with Gasteiger partial charge in [0.2, 0.25) is 0 Å². The highest BCUT2D eigenvalue weighted by Gasteiger charge is 2.27. The first-order valence-corrected chi connectivity index (χ1v) is 6.35. The zero-order valence-corrected chi connectivity index (χ0v) is 12.3. The molecule has 0 radical (unpaired) electrons. The van der Waals surface area contributed by atoms with E-state index < -0.39 is 0 Å². The summed E-state index contributed by atoms with van der Waals surface area (Å²) >= 11 is 5.88. The maximum absolute atomic E-state index is 12.3. The monoisotopic (exact) mass is 269 g/mol. The van der Waals surface area contributed by atoms with E-state index in [2.05, 4.69) is 0 Å². The van der Waals surface area contributed by atoms with Gasteiger partial charge in [-0.2, -0.15) is 0 Å². The molecule has 0 atom stereocenters. The number of alkyl halides is 1. The number of carbonyl (C=O) groups excluding carboxylic acids is 1. The maximum atomic E-state index is 12.3. The van der Waals surface area contributed by atoms with Crippen LogP contribution in [0.2, 0.25) is 0 Å². The largest absolute Gasteiger partial charge is 0.496 e. The number of amides is 1. The van der Waals surface area contributed by atoms with Crippen molar-refractivity contribution in [1.29, 1.82) is 0 Å². The molecule has 0 saturated carbocycles. The lowest BCUT2D eigenvalue weighted by molar-refractivity contribution is 0.0660. The Morgan fingerprint density at radius 1 is 1.44 bits per heavy atom. The molecule has 4 heteroatoms. The highest BCUT2D eigenvalue weighted by molar-refractivity contribution is 6.18. The molecule has 0 aliphatic carbocycles. The molecule has 0 heterocycles. The Hall–Kier alpha value is -1.22. The van der Waals surface area contributed by atoms with Crippen molar-refractivity contribution in [3.05, 3.63) is 29.3 Å². The van der Waals surface area contributed by atoms with Crippen LogP contribution in [0.5, 0.6) is 5.75 Å². The summed E-state index contributed by atoms with van der Waals surface area (Å²) in [5.41, 5.74) is 1.24.